The summed E-state index contributed by atoms with van der Waals surface area (Å²) in [5, 5.41) is 9.31. The highest BCUT2D eigenvalue weighted by Gasteiger charge is 2.32. The van der Waals surface area contributed by atoms with Crippen molar-refractivity contribution in [2.75, 3.05) is 33.0 Å². The third-order valence-corrected chi connectivity index (χ3v) is 7.20. The highest BCUT2D eigenvalue weighted by molar-refractivity contribution is 5.16. The Hall–Kier alpha value is -2.19. The molecule has 4 rings (SSSR count). The molecule has 172 valence electrons. The number of nitrogens with zero attached hydrogens (tertiary/aromatic N) is 1. The molecule has 2 aliphatic heterocycles. The van der Waals surface area contributed by atoms with Gasteiger partial charge in [0.1, 0.15) is 0 Å². The summed E-state index contributed by atoms with van der Waals surface area (Å²) in [5.41, 5.74) is 8.87. The zero-order valence-corrected chi connectivity index (χ0v) is 19.3. The van der Waals surface area contributed by atoms with E-state index >= 15 is 0 Å². The van der Waals surface area contributed by atoms with Crippen molar-refractivity contribution in [3.05, 3.63) is 71.8 Å². The zero-order chi connectivity index (χ0) is 22.5. The van der Waals surface area contributed by atoms with Crippen LogP contribution in [0.2, 0.25) is 0 Å². The SMILES string of the molecule is N#CC1(CCc2ccccc2)CCOCC1.NCC1(CCc2ccccc2)CCOCC1. The van der Waals surface area contributed by atoms with E-state index in [1.165, 1.54) is 17.5 Å². The smallest absolute Gasteiger partial charge is 0.0691 e. The van der Waals surface area contributed by atoms with Crippen LogP contribution in [0.15, 0.2) is 60.7 Å². The first-order chi connectivity index (χ1) is 15.7. The molecule has 0 radical (unpaired) electrons. The van der Waals surface area contributed by atoms with Crippen molar-refractivity contribution in [2.24, 2.45) is 16.6 Å². The van der Waals surface area contributed by atoms with Crippen LogP contribution in [-0.4, -0.2) is 33.0 Å². The highest BCUT2D eigenvalue weighted by Crippen LogP contribution is 2.35. The molecule has 2 saturated heterocycles. The quantitative estimate of drug-likeness (QED) is 0.641. The van der Waals surface area contributed by atoms with Crippen LogP contribution < -0.4 is 5.73 Å². The van der Waals surface area contributed by atoms with Crippen LogP contribution >= 0.6 is 0 Å². The predicted octanol–water partition coefficient (Wildman–Crippen LogP) is 5.31. The third kappa shape index (κ3) is 7.45. The van der Waals surface area contributed by atoms with E-state index in [0.29, 0.717) is 5.41 Å². The minimum atomic E-state index is -0.145. The summed E-state index contributed by atoms with van der Waals surface area (Å²) in [7, 11) is 0. The fraction of sp³-hybridized carbons (Fsp3) is 0.536. The largest absolute Gasteiger partial charge is 0.381 e. The van der Waals surface area contributed by atoms with Crippen LogP contribution in [0.25, 0.3) is 0 Å². The summed E-state index contributed by atoms with van der Waals surface area (Å²) in [6, 6.07) is 23.6. The van der Waals surface area contributed by atoms with E-state index in [9.17, 15) is 5.26 Å². The fourth-order valence-corrected chi connectivity index (χ4v) is 4.62. The van der Waals surface area contributed by atoms with E-state index < -0.39 is 0 Å². The molecule has 0 bridgehead atoms. The van der Waals surface area contributed by atoms with Crippen molar-refractivity contribution in [1.29, 1.82) is 5.26 Å². The normalized spacial score (nSPS) is 19.2. The van der Waals surface area contributed by atoms with Crippen molar-refractivity contribution in [3.63, 3.8) is 0 Å². The number of hydrogen-bond donors (Lipinski definition) is 1. The Morgan fingerprint density at radius 2 is 1.19 bits per heavy atom. The minimum Gasteiger partial charge on any atom is -0.381 e. The van der Waals surface area contributed by atoms with Gasteiger partial charge in [-0.15, -0.1) is 0 Å². The number of benzene rings is 2. The van der Waals surface area contributed by atoms with Crippen molar-refractivity contribution in [3.8, 4) is 6.07 Å². The molecule has 2 fully saturated rings. The first kappa shape index (κ1) is 24.5. The molecule has 2 aromatic carbocycles. The molecular weight excluding hydrogens is 396 g/mol. The minimum absolute atomic E-state index is 0.145. The maximum absolute atomic E-state index is 9.31. The summed E-state index contributed by atoms with van der Waals surface area (Å²) in [6.45, 7) is 4.03. The average molecular weight is 435 g/mol. The number of nitriles is 1. The lowest BCUT2D eigenvalue weighted by Crippen LogP contribution is -2.37. The Labute approximate surface area is 193 Å². The standard InChI is InChI=1S/C14H21NO.C14H17NO/c2*15-12-14(8-10-16-11-9-14)7-6-13-4-2-1-3-5-13/h1-5H,6-12,15H2;1-5H,6-11H2. The lowest BCUT2D eigenvalue weighted by atomic mass is 9.76. The van der Waals surface area contributed by atoms with Crippen LogP contribution in [0.4, 0.5) is 0 Å². The molecule has 2 aliphatic rings. The predicted molar refractivity (Wildman–Crippen MR) is 129 cm³/mol. The average Bonchev–Trinajstić information content (AvgIpc) is 2.89. The van der Waals surface area contributed by atoms with Gasteiger partial charge >= 0.3 is 0 Å². The summed E-state index contributed by atoms with van der Waals surface area (Å²) >= 11 is 0. The Morgan fingerprint density at radius 1 is 0.719 bits per heavy atom. The molecule has 0 saturated carbocycles. The summed E-state index contributed by atoms with van der Waals surface area (Å²) < 4.78 is 10.8. The van der Waals surface area contributed by atoms with Crippen molar-refractivity contribution in [2.45, 2.75) is 51.4 Å². The first-order valence-corrected chi connectivity index (χ1v) is 12.0. The van der Waals surface area contributed by atoms with Crippen LogP contribution in [0, 0.1) is 22.2 Å². The Kier molecular flexibility index (Phi) is 9.74. The first-order valence-electron chi connectivity index (χ1n) is 12.0. The van der Waals surface area contributed by atoms with Gasteiger partial charge in [-0.3, -0.25) is 0 Å². The number of aryl methyl sites for hydroxylation is 2. The Morgan fingerprint density at radius 3 is 1.66 bits per heavy atom. The van der Waals surface area contributed by atoms with Gasteiger partial charge in [0.15, 0.2) is 0 Å². The van der Waals surface area contributed by atoms with Gasteiger partial charge in [0.2, 0.25) is 0 Å². The maximum Gasteiger partial charge on any atom is 0.0691 e. The van der Waals surface area contributed by atoms with Crippen LogP contribution in [0.1, 0.15) is 49.7 Å². The van der Waals surface area contributed by atoms with Gasteiger partial charge in [-0.25, -0.2) is 0 Å². The Balaban J connectivity index is 0.000000181. The molecule has 0 atom stereocenters. The van der Waals surface area contributed by atoms with Gasteiger partial charge in [0.25, 0.3) is 0 Å². The second kappa shape index (κ2) is 12.7. The van der Waals surface area contributed by atoms with E-state index in [4.69, 9.17) is 15.2 Å². The van der Waals surface area contributed by atoms with Crippen molar-refractivity contribution in [1.82, 2.24) is 0 Å². The van der Waals surface area contributed by atoms with Gasteiger partial charge in [-0.1, -0.05) is 60.7 Å². The van der Waals surface area contributed by atoms with E-state index in [1.807, 2.05) is 6.07 Å². The van der Waals surface area contributed by atoms with E-state index in [1.54, 1.807) is 0 Å². The molecule has 0 amide bonds. The van der Waals surface area contributed by atoms with Crippen LogP contribution in [-0.2, 0) is 22.3 Å². The van der Waals surface area contributed by atoms with Gasteiger partial charge in [-0.2, -0.15) is 5.26 Å². The second-order valence-corrected chi connectivity index (χ2v) is 9.29. The van der Waals surface area contributed by atoms with Gasteiger partial charge in [0, 0.05) is 26.4 Å². The van der Waals surface area contributed by atoms with Crippen LogP contribution in [0.3, 0.4) is 0 Å². The van der Waals surface area contributed by atoms with Crippen molar-refractivity contribution >= 4 is 0 Å². The molecule has 0 spiro atoms. The number of hydrogen-bond acceptors (Lipinski definition) is 4. The summed E-state index contributed by atoms with van der Waals surface area (Å²) in [4.78, 5) is 0. The molecule has 2 N–H and O–H groups in total. The number of ether oxygens (including phenoxy) is 2. The summed E-state index contributed by atoms with van der Waals surface area (Å²) in [6.07, 6.45) is 8.29. The van der Waals surface area contributed by atoms with Crippen molar-refractivity contribution < 1.29 is 9.47 Å². The fourth-order valence-electron chi connectivity index (χ4n) is 4.62. The van der Waals surface area contributed by atoms with E-state index in [0.717, 1.165) is 77.9 Å². The molecule has 2 aromatic rings. The van der Waals surface area contributed by atoms with Gasteiger partial charge < -0.3 is 15.2 Å². The molecular formula is C28H38N2O2. The van der Waals surface area contributed by atoms with Gasteiger partial charge in [-0.05, 0) is 74.5 Å². The molecule has 4 nitrogen and oxygen atoms in total. The lowest BCUT2D eigenvalue weighted by Gasteiger charge is -2.36. The number of rotatable bonds is 7. The monoisotopic (exact) mass is 434 g/mol. The summed E-state index contributed by atoms with van der Waals surface area (Å²) in [5.74, 6) is 0. The number of nitrogens with two attached hydrogens (primary N) is 1. The molecule has 0 unspecified atom stereocenters. The van der Waals surface area contributed by atoms with Crippen LogP contribution in [0.5, 0.6) is 0 Å². The van der Waals surface area contributed by atoms with E-state index in [-0.39, 0.29) is 5.41 Å². The molecule has 0 aromatic heterocycles. The Bertz CT molecular complexity index is 804. The third-order valence-electron chi connectivity index (χ3n) is 7.20. The molecule has 32 heavy (non-hydrogen) atoms. The highest BCUT2D eigenvalue weighted by atomic mass is 16.5. The maximum atomic E-state index is 9.31. The van der Waals surface area contributed by atoms with E-state index in [2.05, 4.69) is 60.7 Å². The van der Waals surface area contributed by atoms with Gasteiger partial charge in [0.05, 0.1) is 11.5 Å². The molecule has 4 heteroatoms. The molecule has 2 heterocycles. The lowest BCUT2D eigenvalue weighted by molar-refractivity contribution is 0.0149. The topological polar surface area (TPSA) is 68.3 Å². The molecule has 0 aliphatic carbocycles. The second-order valence-electron chi connectivity index (χ2n) is 9.29. The zero-order valence-electron chi connectivity index (χ0n) is 19.3.